The van der Waals surface area contributed by atoms with Crippen LogP contribution in [0.5, 0.6) is 0 Å². The summed E-state index contributed by atoms with van der Waals surface area (Å²) in [7, 11) is 0. The van der Waals surface area contributed by atoms with Gasteiger partial charge in [0.1, 0.15) is 11.5 Å². The van der Waals surface area contributed by atoms with Crippen LogP contribution in [-0.2, 0) is 33.4 Å². The summed E-state index contributed by atoms with van der Waals surface area (Å²) < 4.78 is 29.2. The normalized spacial score (nSPS) is 18.4. The van der Waals surface area contributed by atoms with E-state index in [4.69, 9.17) is 0 Å². The fraction of sp³-hybridized carbons (Fsp3) is 0.400. The molecule has 1 unspecified atom stereocenters. The molecule has 2 amide bonds. The molecular weight excluding hydrogens is 444 g/mol. The van der Waals surface area contributed by atoms with E-state index in [9.17, 15) is 28.0 Å². The number of alkyl halides is 2. The Morgan fingerprint density at radius 1 is 1.21 bits per heavy atom. The number of rotatable bonds is 6. The van der Waals surface area contributed by atoms with Crippen molar-refractivity contribution < 1.29 is 28.0 Å². The van der Waals surface area contributed by atoms with Gasteiger partial charge in [-0.3, -0.25) is 24.2 Å². The molecule has 9 heteroatoms. The first-order valence-electron chi connectivity index (χ1n) is 11.2. The Hall–Kier alpha value is -3.49. The van der Waals surface area contributed by atoms with Gasteiger partial charge in [-0.15, -0.1) is 0 Å². The number of aromatic nitrogens is 1. The van der Waals surface area contributed by atoms with Crippen molar-refractivity contribution in [2.75, 3.05) is 0 Å². The molecule has 1 saturated carbocycles. The van der Waals surface area contributed by atoms with Crippen LogP contribution in [0.2, 0.25) is 0 Å². The van der Waals surface area contributed by atoms with Crippen LogP contribution >= 0.6 is 0 Å². The van der Waals surface area contributed by atoms with Crippen LogP contribution in [-0.4, -0.2) is 39.3 Å². The molecule has 1 N–H and O–H groups in total. The van der Waals surface area contributed by atoms with Crippen molar-refractivity contribution in [2.24, 2.45) is 0 Å². The van der Waals surface area contributed by atoms with Gasteiger partial charge in [-0.05, 0) is 41.2 Å². The van der Waals surface area contributed by atoms with Gasteiger partial charge in [-0.25, -0.2) is 0 Å². The standard InChI is InChI=1S/C25H25F2N3O4/c1-14(2)16-4-8-22(28-12-16)25(26,27)24(34)29-11-15-3-6-19-17(9-15)13-30(23(19)33)20-7-5-18(31)10-21(20)32/h3-4,6,8-9,12,14,20H,5,7,10-11,13H2,1-2H3,(H,29,34). The number of ketones is 2. The minimum absolute atomic E-state index is 0.119. The van der Waals surface area contributed by atoms with E-state index in [1.54, 1.807) is 18.2 Å². The summed E-state index contributed by atoms with van der Waals surface area (Å²) in [5.74, 6) is -5.80. The zero-order chi connectivity index (χ0) is 24.6. The summed E-state index contributed by atoms with van der Waals surface area (Å²) in [5, 5.41) is 2.24. The second-order valence-corrected chi connectivity index (χ2v) is 9.05. The monoisotopic (exact) mass is 469 g/mol. The number of nitrogens with one attached hydrogen (secondary N) is 1. The molecule has 0 radical (unpaired) electrons. The lowest BCUT2D eigenvalue weighted by molar-refractivity contribution is -0.147. The topological polar surface area (TPSA) is 96.4 Å². The van der Waals surface area contributed by atoms with Crippen molar-refractivity contribution in [1.29, 1.82) is 0 Å². The van der Waals surface area contributed by atoms with Crippen molar-refractivity contribution in [3.8, 4) is 0 Å². The second-order valence-electron chi connectivity index (χ2n) is 9.05. The molecule has 1 fully saturated rings. The number of carbonyl (C=O) groups is 4. The van der Waals surface area contributed by atoms with Crippen LogP contribution in [0.3, 0.4) is 0 Å². The number of hydrogen-bond acceptors (Lipinski definition) is 5. The number of nitrogens with zero attached hydrogens (tertiary/aromatic N) is 2. The molecule has 1 atom stereocenters. The fourth-order valence-corrected chi connectivity index (χ4v) is 4.29. The lowest BCUT2D eigenvalue weighted by Gasteiger charge is -2.29. The number of Topliss-reactive ketones (excluding diaryl/α,β-unsaturated/α-hetero) is 2. The van der Waals surface area contributed by atoms with E-state index >= 15 is 0 Å². The minimum Gasteiger partial charge on any atom is -0.346 e. The van der Waals surface area contributed by atoms with Crippen LogP contribution in [0.15, 0.2) is 36.5 Å². The maximum absolute atomic E-state index is 14.6. The molecular formula is C25H25F2N3O4. The number of benzene rings is 1. The van der Waals surface area contributed by atoms with Gasteiger partial charge in [0.05, 0.1) is 12.5 Å². The molecule has 0 spiro atoms. The number of carbonyl (C=O) groups excluding carboxylic acids is 4. The predicted molar refractivity (Wildman–Crippen MR) is 118 cm³/mol. The third kappa shape index (κ3) is 4.47. The lowest BCUT2D eigenvalue weighted by atomic mass is 9.92. The molecule has 1 aliphatic heterocycles. The number of halogens is 2. The first-order chi connectivity index (χ1) is 16.1. The van der Waals surface area contributed by atoms with E-state index in [1.807, 2.05) is 13.8 Å². The molecule has 4 rings (SSSR count). The zero-order valence-electron chi connectivity index (χ0n) is 18.9. The van der Waals surface area contributed by atoms with Gasteiger partial charge in [-0.1, -0.05) is 32.0 Å². The summed E-state index contributed by atoms with van der Waals surface area (Å²) in [6.07, 6.45) is 1.75. The van der Waals surface area contributed by atoms with Crippen LogP contribution in [0.4, 0.5) is 8.78 Å². The van der Waals surface area contributed by atoms with Crippen LogP contribution < -0.4 is 5.32 Å². The van der Waals surface area contributed by atoms with Gasteiger partial charge >= 0.3 is 5.92 Å². The van der Waals surface area contributed by atoms with E-state index in [1.165, 1.54) is 17.2 Å². The summed E-state index contributed by atoms with van der Waals surface area (Å²) in [4.78, 5) is 54.0. The van der Waals surface area contributed by atoms with E-state index in [2.05, 4.69) is 10.3 Å². The average Bonchev–Trinajstić information content (AvgIpc) is 3.13. The highest BCUT2D eigenvalue weighted by molar-refractivity contribution is 6.07. The summed E-state index contributed by atoms with van der Waals surface area (Å²) in [5.41, 5.74) is 1.80. The number of hydrogen-bond donors (Lipinski definition) is 1. The molecule has 1 aromatic carbocycles. The number of pyridine rings is 1. The van der Waals surface area contributed by atoms with E-state index < -0.39 is 23.6 Å². The van der Waals surface area contributed by atoms with Gasteiger partial charge in [0.25, 0.3) is 11.8 Å². The Balaban J connectivity index is 1.42. The Kier molecular flexibility index (Phi) is 6.29. The third-order valence-electron chi connectivity index (χ3n) is 6.33. The highest BCUT2D eigenvalue weighted by atomic mass is 19.3. The highest BCUT2D eigenvalue weighted by Crippen LogP contribution is 2.30. The third-order valence-corrected chi connectivity index (χ3v) is 6.33. The largest absolute Gasteiger partial charge is 0.366 e. The molecule has 0 bridgehead atoms. The van der Waals surface area contributed by atoms with Gasteiger partial charge in [-0.2, -0.15) is 8.78 Å². The fourth-order valence-electron chi connectivity index (χ4n) is 4.29. The summed E-state index contributed by atoms with van der Waals surface area (Å²) in [6.45, 7) is 3.87. The number of amides is 2. The maximum atomic E-state index is 14.6. The van der Waals surface area contributed by atoms with Crippen molar-refractivity contribution in [3.05, 3.63) is 64.5 Å². The van der Waals surface area contributed by atoms with Gasteiger partial charge in [0, 0.05) is 31.3 Å². The van der Waals surface area contributed by atoms with Gasteiger partial charge in [0.15, 0.2) is 5.78 Å². The zero-order valence-corrected chi connectivity index (χ0v) is 18.9. The number of fused-ring (bicyclic) bond motifs is 1. The Labute approximate surface area is 195 Å². The molecule has 1 aliphatic carbocycles. The minimum atomic E-state index is -3.79. The van der Waals surface area contributed by atoms with Gasteiger partial charge in [0.2, 0.25) is 0 Å². The molecule has 2 heterocycles. The Morgan fingerprint density at radius 2 is 1.97 bits per heavy atom. The SMILES string of the molecule is CC(C)c1ccc(C(F)(F)C(=O)NCc2ccc3c(c2)CN(C2CCC(=O)CC2=O)C3=O)nc1. The quantitative estimate of drug-likeness (QED) is 0.655. The van der Waals surface area contributed by atoms with E-state index in [0.29, 0.717) is 23.1 Å². The smallest absolute Gasteiger partial charge is 0.346 e. The predicted octanol–water partition coefficient (Wildman–Crippen LogP) is 3.26. The summed E-state index contributed by atoms with van der Waals surface area (Å²) >= 11 is 0. The van der Waals surface area contributed by atoms with Gasteiger partial charge < -0.3 is 10.2 Å². The van der Waals surface area contributed by atoms with E-state index in [0.717, 1.165) is 11.6 Å². The van der Waals surface area contributed by atoms with Crippen LogP contribution in [0.25, 0.3) is 0 Å². The van der Waals surface area contributed by atoms with Crippen LogP contribution in [0.1, 0.15) is 71.8 Å². The molecule has 0 saturated heterocycles. The molecule has 2 aromatic rings. The highest BCUT2D eigenvalue weighted by Gasteiger charge is 2.42. The average molecular weight is 469 g/mol. The first kappa shape index (κ1) is 23.7. The lowest BCUT2D eigenvalue weighted by Crippen LogP contribution is -2.44. The molecule has 7 nitrogen and oxygen atoms in total. The molecule has 1 aromatic heterocycles. The van der Waals surface area contributed by atoms with Crippen molar-refractivity contribution in [1.82, 2.24) is 15.2 Å². The summed E-state index contributed by atoms with van der Waals surface area (Å²) in [6, 6.07) is 6.88. The van der Waals surface area contributed by atoms with Crippen LogP contribution in [0, 0.1) is 0 Å². The second kappa shape index (κ2) is 9.04. The Bertz CT molecular complexity index is 1160. The van der Waals surface area contributed by atoms with Crippen molar-refractivity contribution >= 4 is 23.4 Å². The van der Waals surface area contributed by atoms with Crippen molar-refractivity contribution in [3.63, 3.8) is 0 Å². The van der Waals surface area contributed by atoms with Crippen molar-refractivity contribution in [2.45, 2.75) is 64.1 Å². The molecule has 34 heavy (non-hydrogen) atoms. The molecule has 178 valence electrons. The first-order valence-corrected chi connectivity index (χ1v) is 11.2. The van der Waals surface area contributed by atoms with E-state index in [-0.39, 0.29) is 49.3 Å². The Morgan fingerprint density at radius 3 is 2.62 bits per heavy atom. The molecule has 2 aliphatic rings. The maximum Gasteiger partial charge on any atom is 0.366 e.